The molecule has 0 radical (unpaired) electrons. The fourth-order valence-corrected chi connectivity index (χ4v) is 3.73. The van der Waals surface area contributed by atoms with Crippen LogP contribution in [-0.2, 0) is 14.3 Å². The van der Waals surface area contributed by atoms with Crippen molar-refractivity contribution in [3.05, 3.63) is 59.7 Å². The summed E-state index contributed by atoms with van der Waals surface area (Å²) in [5.74, 6) is 2.39. The Morgan fingerprint density at radius 2 is 1.68 bits per heavy atom. The third kappa shape index (κ3) is 8.01. The highest BCUT2D eigenvalue weighted by atomic mass is 16.6. The van der Waals surface area contributed by atoms with Gasteiger partial charge in [0, 0.05) is 17.3 Å². The van der Waals surface area contributed by atoms with Gasteiger partial charge in [0.15, 0.2) is 0 Å². The number of hydrogen-bond acceptors (Lipinski definition) is 5. The summed E-state index contributed by atoms with van der Waals surface area (Å²) in [5.41, 5.74) is 0.807. The van der Waals surface area contributed by atoms with E-state index >= 15 is 0 Å². The van der Waals surface area contributed by atoms with Crippen LogP contribution in [0, 0.1) is 12.3 Å². The van der Waals surface area contributed by atoms with Gasteiger partial charge in [0.1, 0.15) is 23.4 Å². The molecule has 2 aromatic carbocycles. The van der Waals surface area contributed by atoms with Crippen LogP contribution in [0.2, 0.25) is 0 Å². The third-order valence-electron chi connectivity index (χ3n) is 5.72. The fourth-order valence-electron chi connectivity index (χ4n) is 3.73. The summed E-state index contributed by atoms with van der Waals surface area (Å²) < 4.78 is 10.5. The lowest BCUT2D eigenvalue weighted by atomic mass is 9.96. The lowest BCUT2D eigenvalue weighted by Gasteiger charge is -2.38. The van der Waals surface area contributed by atoms with E-state index in [2.05, 4.69) is 16.6 Å². The highest BCUT2D eigenvalue weighted by Crippen LogP contribution is 2.30. The van der Waals surface area contributed by atoms with Crippen molar-refractivity contribution in [1.82, 2.24) is 10.2 Å². The highest BCUT2D eigenvalue weighted by molar-refractivity contribution is 5.99. The molecule has 8 heteroatoms. The number of amides is 3. The molecule has 3 atom stereocenters. The minimum absolute atomic E-state index is 0.354. The van der Waals surface area contributed by atoms with Gasteiger partial charge < -0.3 is 25.0 Å². The number of nitrogens with one attached hydrogen (secondary N) is 2. The lowest BCUT2D eigenvalue weighted by Crippen LogP contribution is -2.54. The van der Waals surface area contributed by atoms with E-state index in [9.17, 15) is 14.4 Å². The Kier molecular flexibility index (Phi) is 10.1. The van der Waals surface area contributed by atoms with Crippen LogP contribution < -0.4 is 15.4 Å². The Morgan fingerprint density at radius 1 is 1.05 bits per heavy atom. The number of benzene rings is 2. The molecule has 0 fully saturated rings. The largest absolute Gasteiger partial charge is 0.497 e. The molecule has 0 saturated heterocycles. The second-order valence-corrected chi connectivity index (χ2v) is 9.72. The van der Waals surface area contributed by atoms with E-state index < -0.39 is 35.6 Å². The van der Waals surface area contributed by atoms with Gasteiger partial charge in [-0.3, -0.25) is 9.59 Å². The zero-order chi connectivity index (χ0) is 27.8. The maximum absolute atomic E-state index is 13.8. The van der Waals surface area contributed by atoms with Gasteiger partial charge in [0.25, 0.3) is 5.91 Å². The zero-order valence-corrected chi connectivity index (χ0v) is 22.6. The number of hydrogen-bond donors (Lipinski definition) is 2. The standard InChI is InChI=1S/C29H37N3O5/c1-9-19(3)32(27(34)20(4)30-28(35)37-29(5,6)7)25(24-14-12-11-13-21(24)10-2)26(33)31-22-15-17-23(36-8)18-16-22/h2,11-20,25H,9H2,1,3-8H3,(H,30,35)(H,31,33). The van der Waals surface area contributed by atoms with E-state index in [4.69, 9.17) is 15.9 Å². The molecule has 37 heavy (non-hydrogen) atoms. The SMILES string of the molecule is C#Cc1ccccc1C(C(=O)Nc1ccc(OC)cc1)N(C(=O)C(C)NC(=O)OC(C)(C)C)C(C)CC. The molecule has 3 unspecified atom stereocenters. The Labute approximate surface area is 219 Å². The summed E-state index contributed by atoms with van der Waals surface area (Å²) in [6.07, 6.45) is 5.61. The van der Waals surface area contributed by atoms with Gasteiger partial charge in [-0.25, -0.2) is 4.79 Å². The van der Waals surface area contributed by atoms with Crippen LogP contribution >= 0.6 is 0 Å². The normalized spacial score (nSPS) is 13.4. The van der Waals surface area contributed by atoms with Crippen molar-refractivity contribution >= 4 is 23.6 Å². The van der Waals surface area contributed by atoms with E-state index in [0.29, 0.717) is 29.0 Å². The first kappa shape index (κ1) is 29.2. The number of carbonyl (C=O) groups is 3. The number of nitrogens with zero attached hydrogens (tertiary/aromatic N) is 1. The number of methoxy groups -OCH3 is 1. The van der Waals surface area contributed by atoms with Gasteiger partial charge in [0.05, 0.1) is 7.11 Å². The third-order valence-corrected chi connectivity index (χ3v) is 5.72. The van der Waals surface area contributed by atoms with E-state index in [1.165, 1.54) is 4.90 Å². The Bertz CT molecular complexity index is 1130. The van der Waals surface area contributed by atoms with Crippen molar-refractivity contribution in [3.63, 3.8) is 0 Å². The average molecular weight is 508 g/mol. The smallest absolute Gasteiger partial charge is 0.408 e. The maximum atomic E-state index is 13.8. The summed E-state index contributed by atoms with van der Waals surface area (Å²) in [4.78, 5) is 41.5. The summed E-state index contributed by atoms with van der Waals surface area (Å²) in [7, 11) is 1.56. The van der Waals surface area contributed by atoms with Gasteiger partial charge in [-0.2, -0.15) is 0 Å². The van der Waals surface area contributed by atoms with Crippen molar-refractivity contribution < 1.29 is 23.9 Å². The fraction of sp³-hybridized carbons (Fsp3) is 0.414. The Morgan fingerprint density at radius 3 is 2.22 bits per heavy atom. The number of anilines is 1. The quantitative estimate of drug-likeness (QED) is 0.471. The predicted octanol–water partition coefficient (Wildman–Crippen LogP) is 4.90. The molecule has 0 aliphatic carbocycles. The maximum Gasteiger partial charge on any atom is 0.408 e. The molecule has 0 spiro atoms. The topological polar surface area (TPSA) is 97.0 Å². The second-order valence-electron chi connectivity index (χ2n) is 9.72. The second kappa shape index (κ2) is 12.8. The van der Waals surface area contributed by atoms with E-state index in [1.54, 1.807) is 83.3 Å². The van der Waals surface area contributed by atoms with E-state index in [0.717, 1.165) is 0 Å². The first-order valence-electron chi connectivity index (χ1n) is 12.2. The molecule has 2 aromatic rings. The first-order valence-corrected chi connectivity index (χ1v) is 12.2. The molecule has 8 nitrogen and oxygen atoms in total. The number of ether oxygens (including phenoxy) is 2. The van der Waals surface area contributed by atoms with Crippen molar-refractivity contribution in [2.24, 2.45) is 0 Å². The minimum Gasteiger partial charge on any atom is -0.497 e. The molecule has 0 aliphatic heterocycles. The van der Waals surface area contributed by atoms with Gasteiger partial charge in [0.2, 0.25) is 5.91 Å². The minimum atomic E-state index is -1.06. The van der Waals surface area contributed by atoms with E-state index in [1.807, 2.05) is 13.8 Å². The molecular formula is C29H37N3O5. The molecule has 0 bridgehead atoms. The molecule has 0 aromatic heterocycles. The predicted molar refractivity (Wildman–Crippen MR) is 144 cm³/mol. The van der Waals surface area contributed by atoms with Crippen LogP contribution in [0.5, 0.6) is 5.75 Å². The van der Waals surface area contributed by atoms with Gasteiger partial charge >= 0.3 is 6.09 Å². The number of terminal acetylenes is 1. The summed E-state index contributed by atoms with van der Waals surface area (Å²) in [5, 5.41) is 5.49. The molecular weight excluding hydrogens is 470 g/mol. The molecule has 0 heterocycles. The van der Waals surface area contributed by atoms with E-state index in [-0.39, 0.29) is 6.04 Å². The molecule has 3 amide bonds. The number of carbonyl (C=O) groups excluding carboxylic acids is 3. The van der Waals surface area contributed by atoms with Gasteiger partial charge in [-0.15, -0.1) is 6.42 Å². The molecule has 0 aliphatic rings. The number of rotatable bonds is 9. The summed E-state index contributed by atoms with van der Waals surface area (Å²) >= 11 is 0. The number of alkyl carbamates (subject to hydrolysis) is 1. The zero-order valence-electron chi connectivity index (χ0n) is 22.6. The lowest BCUT2D eigenvalue weighted by molar-refractivity contribution is -0.143. The average Bonchev–Trinajstić information content (AvgIpc) is 2.85. The van der Waals surface area contributed by atoms with Crippen LogP contribution in [0.25, 0.3) is 0 Å². The van der Waals surface area contributed by atoms with Crippen LogP contribution in [0.15, 0.2) is 48.5 Å². The highest BCUT2D eigenvalue weighted by Gasteiger charge is 2.38. The molecule has 0 saturated carbocycles. The van der Waals surface area contributed by atoms with Gasteiger partial charge in [-0.1, -0.05) is 31.0 Å². The van der Waals surface area contributed by atoms with Crippen LogP contribution in [0.3, 0.4) is 0 Å². The van der Waals surface area contributed by atoms with Crippen molar-refractivity contribution in [1.29, 1.82) is 0 Å². The molecule has 2 N–H and O–H groups in total. The monoisotopic (exact) mass is 507 g/mol. The Balaban J connectivity index is 2.51. The molecule has 198 valence electrons. The summed E-state index contributed by atoms with van der Waals surface area (Å²) in [6, 6.07) is 11.5. The first-order chi connectivity index (χ1) is 17.4. The van der Waals surface area contributed by atoms with Crippen molar-refractivity contribution in [3.8, 4) is 18.1 Å². The van der Waals surface area contributed by atoms with Crippen LogP contribution in [-0.4, -0.2) is 47.6 Å². The summed E-state index contributed by atoms with van der Waals surface area (Å²) in [6.45, 7) is 10.5. The van der Waals surface area contributed by atoms with Crippen molar-refractivity contribution in [2.75, 3.05) is 12.4 Å². The van der Waals surface area contributed by atoms with Crippen LogP contribution in [0.1, 0.15) is 65.1 Å². The van der Waals surface area contributed by atoms with Gasteiger partial charge in [-0.05, 0) is 76.9 Å². The Hall–Kier alpha value is -3.99. The van der Waals surface area contributed by atoms with Crippen LogP contribution in [0.4, 0.5) is 10.5 Å². The molecule has 2 rings (SSSR count). The van der Waals surface area contributed by atoms with Crippen molar-refractivity contribution in [2.45, 2.75) is 71.7 Å².